The maximum absolute atomic E-state index is 7.65. The van der Waals surface area contributed by atoms with Crippen LogP contribution >= 0.6 is 0 Å². The van der Waals surface area contributed by atoms with E-state index < -0.39 is 0 Å². The molecule has 2 rings (SSSR count). The van der Waals surface area contributed by atoms with Crippen molar-refractivity contribution in [3.8, 4) is 0 Å². The Hall–Kier alpha value is -1.09. The summed E-state index contributed by atoms with van der Waals surface area (Å²) in [5.74, 6) is 0.0644. The zero-order chi connectivity index (χ0) is 10.3. The first-order valence-corrected chi connectivity index (χ1v) is 3.42. The quantitative estimate of drug-likeness (QED) is 0.648. The molecule has 0 aromatic carbocycles. The number of nitrogens with zero attached hydrogens (tertiary/aromatic N) is 1. The molecule has 1 fully saturated rings. The van der Waals surface area contributed by atoms with Gasteiger partial charge in [-0.1, -0.05) is 0 Å². The first-order chi connectivity index (χ1) is 6.61. The second-order valence-electron chi connectivity index (χ2n) is 2.51. The molecule has 0 atom stereocenters. The van der Waals surface area contributed by atoms with Crippen molar-refractivity contribution in [1.82, 2.24) is 4.98 Å². The summed E-state index contributed by atoms with van der Waals surface area (Å²) in [6.45, 7) is 1.05. The highest BCUT2D eigenvalue weighted by Crippen LogP contribution is 2.22. The van der Waals surface area contributed by atoms with Crippen LogP contribution in [0.4, 0.5) is 5.69 Å². The fraction of sp³-hybridized carbons (Fsp3) is 0.375. The third-order valence-corrected chi connectivity index (χ3v) is 1.65. The van der Waals surface area contributed by atoms with Gasteiger partial charge >= 0.3 is 0 Å². The van der Waals surface area contributed by atoms with E-state index in [0.717, 1.165) is 0 Å². The average molecular weight is 153 g/mol. The first kappa shape index (κ1) is 4.07. The van der Waals surface area contributed by atoms with E-state index in [4.69, 9.17) is 14.6 Å². The van der Waals surface area contributed by atoms with Gasteiger partial charge in [-0.25, -0.2) is 0 Å². The summed E-state index contributed by atoms with van der Waals surface area (Å²) in [5.41, 5.74) is 6.04. The van der Waals surface area contributed by atoms with Crippen molar-refractivity contribution in [1.29, 1.82) is 0 Å². The van der Waals surface area contributed by atoms with E-state index in [2.05, 4.69) is 4.98 Å². The maximum atomic E-state index is 7.65. The number of anilines is 1. The summed E-state index contributed by atoms with van der Waals surface area (Å²) in [6.07, 6.45) is -0.166. The normalized spacial score (nSPS) is 21.6. The first-order valence-electron chi connectivity index (χ1n) is 4.92. The third kappa shape index (κ3) is 1.19. The van der Waals surface area contributed by atoms with Crippen LogP contribution < -0.4 is 5.73 Å². The van der Waals surface area contributed by atoms with Crippen molar-refractivity contribution < 1.29 is 8.85 Å². The molecule has 0 saturated carbocycles. The predicted octanol–water partition coefficient (Wildman–Crippen LogP) is 0.778. The van der Waals surface area contributed by atoms with E-state index in [1.165, 1.54) is 0 Å². The molecule has 1 aromatic rings. The van der Waals surface area contributed by atoms with Gasteiger partial charge in [0.2, 0.25) is 0 Å². The van der Waals surface area contributed by atoms with Gasteiger partial charge in [0.15, 0.2) is 0 Å². The van der Waals surface area contributed by atoms with Crippen LogP contribution in [-0.4, -0.2) is 18.2 Å². The van der Waals surface area contributed by atoms with Gasteiger partial charge in [-0.2, -0.15) is 0 Å². The number of aromatic nitrogens is 1. The van der Waals surface area contributed by atoms with Crippen LogP contribution in [0.2, 0.25) is 0 Å². The van der Waals surface area contributed by atoms with Crippen LogP contribution in [-0.2, 0) is 4.74 Å². The summed E-state index contributed by atoms with van der Waals surface area (Å²) in [6, 6.07) is -0.0988. The Morgan fingerprint density at radius 3 is 3.18 bits per heavy atom. The molecule has 58 valence electrons. The summed E-state index contributed by atoms with van der Waals surface area (Å²) >= 11 is 0. The van der Waals surface area contributed by atoms with Crippen molar-refractivity contribution in [2.75, 3.05) is 18.9 Å². The largest absolute Gasteiger partial charge is 0.399 e. The van der Waals surface area contributed by atoms with E-state index in [0.29, 0.717) is 18.9 Å². The second kappa shape index (κ2) is 2.51. The number of ether oxygens (including phenoxy) is 1. The number of hydrogen-bond donors (Lipinski definition) is 1. The lowest BCUT2D eigenvalue weighted by atomic mass is 10.0. The molecular weight excluding hydrogens is 140 g/mol. The highest BCUT2D eigenvalue weighted by Gasteiger charge is 2.21. The van der Waals surface area contributed by atoms with Gasteiger partial charge in [0, 0.05) is 17.8 Å². The molecule has 0 radical (unpaired) electrons. The van der Waals surface area contributed by atoms with Crippen molar-refractivity contribution in [3.05, 3.63) is 24.0 Å². The monoisotopic (exact) mass is 153 g/mol. The van der Waals surface area contributed by atoms with E-state index in [1.54, 1.807) is 0 Å². The topological polar surface area (TPSA) is 48.1 Å². The van der Waals surface area contributed by atoms with Gasteiger partial charge in [0.1, 0.15) is 0 Å². The second-order valence-corrected chi connectivity index (χ2v) is 2.51. The molecule has 0 amide bonds. The van der Waals surface area contributed by atoms with Crippen LogP contribution in [0.1, 0.15) is 15.7 Å². The molecule has 0 unspecified atom stereocenters. The van der Waals surface area contributed by atoms with Gasteiger partial charge < -0.3 is 10.5 Å². The smallest absolute Gasteiger partial charge is 0.0841 e. The predicted molar refractivity (Wildman–Crippen MR) is 42.2 cm³/mol. The van der Waals surface area contributed by atoms with E-state index in [9.17, 15) is 0 Å². The Morgan fingerprint density at radius 1 is 1.73 bits per heavy atom. The van der Waals surface area contributed by atoms with E-state index in [-0.39, 0.29) is 29.9 Å². The number of rotatable bonds is 1. The number of nitrogens with two attached hydrogens (primary N) is 1. The lowest BCUT2D eigenvalue weighted by Gasteiger charge is -2.25. The molecule has 2 heterocycles. The van der Waals surface area contributed by atoms with Gasteiger partial charge in [-0.05, 0) is 12.1 Å². The van der Waals surface area contributed by atoms with E-state index >= 15 is 0 Å². The third-order valence-electron chi connectivity index (χ3n) is 1.65. The fourth-order valence-corrected chi connectivity index (χ4v) is 0.933. The molecule has 2 N–H and O–H groups in total. The van der Waals surface area contributed by atoms with Gasteiger partial charge in [-0.3, -0.25) is 4.98 Å². The molecule has 3 heteroatoms. The van der Waals surface area contributed by atoms with Crippen LogP contribution in [0.15, 0.2) is 18.3 Å². The van der Waals surface area contributed by atoms with Crippen LogP contribution in [0.3, 0.4) is 0 Å². The van der Waals surface area contributed by atoms with Crippen molar-refractivity contribution in [2.24, 2.45) is 0 Å². The molecule has 0 spiro atoms. The lowest BCUT2D eigenvalue weighted by Crippen LogP contribution is -2.25. The van der Waals surface area contributed by atoms with Crippen molar-refractivity contribution in [2.45, 2.75) is 5.92 Å². The minimum Gasteiger partial charge on any atom is -0.399 e. The Bertz CT molecular complexity index is 379. The molecule has 0 bridgehead atoms. The van der Waals surface area contributed by atoms with Gasteiger partial charge in [0.05, 0.1) is 23.0 Å². The molecular formula is C8H10N2O. The molecule has 11 heavy (non-hydrogen) atoms. The minimum atomic E-state index is -0.168. The fourth-order valence-electron chi connectivity index (χ4n) is 0.933. The molecule has 1 aliphatic rings. The van der Waals surface area contributed by atoms with Gasteiger partial charge in [-0.15, -0.1) is 0 Å². The maximum Gasteiger partial charge on any atom is 0.0841 e. The molecule has 1 saturated heterocycles. The Kier molecular flexibility index (Phi) is 0.927. The zero-order valence-electron chi connectivity index (χ0n) is 8.92. The number of nitrogen functional groups attached to an aromatic ring is 1. The Morgan fingerprint density at radius 2 is 2.55 bits per heavy atom. The standard InChI is InChI=1S/C8H10N2O/c9-7-1-2-10-8(3-7)6-4-11-5-6/h1-3,6H,4-5H2,(H2,9,10)/i1D,2D,3D. The minimum absolute atomic E-state index is 0.0342. The zero-order valence-corrected chi connectivity index (χ0v) is 5.92. The summed E-state index contributed by atoms with van der Waals surface area (Å²) in [4.78, 5) is 3.89. The van der Waals surface area contributed by atoms with Crippen LogP contribution in [0.5, 0.6) is 0 Å². The van der Waals surface area contributed by atoms with Crippen LogP contribution in [0, 0.1) is 0 Å². The highest BCUT2D eigenvalue weighted by molar-refractivity contribution is 5.38. The SMILES string of the molecule is [2H]c1nc(C2COC2)c([2H])c(N)c1[2H]. The summed E-state index contributed by atoms with van der Waals surface area (Å²) in [5, 5.41) is 0. The van der Waals surface area contributed by atoms with E-state index in [1.807, 2.05) is 0 Å². The number of hydrogen-bond acceptors (Lipinski definition) is 3. The molecule has 1 aromatic heterocycles. The molecule has 0 aliphatic carbocycles. The average Bonchev–Trinajstić information content (AvgIpc) is 2.08. The molecule has 3 nitrogen and oxygen atoms in total. The number of pyridine rings is 1. The highest BCUT2D eigenvalue weighted by atomic mass is 16.5. The Labute approximate surface area is 69.4 Å². The summed E-state index contributed by atoms with van der Waals surface area (Å²) in [7, 11) is 0. The Balaban J connectivity index is 2.49. The van der Waals surface area contributed by atoms with Gasteiger partial charge in [0.25, 0.3) is 0 Å². The van der Waals surface area contributed by atoms with Crippen molar-refractivity contribution >= 4 is 5.69 Å². The molecule has 1 aliphatic heterocycles. The van der Waals surface area contributed by atoms with Crippen LogP contribution in [0.25, 0.3) is 0 Å². The lowest BCUT2D eigenvalue weighted by molar-refractivity contribution is 0.00674. The van der Waals surface area contributed by atoms with Crippen molar-refractivity contribution in [3.63, 3.8) is 0 Å². The summed E-state index contributed by atoms with van der Waals surface area (Å²) < 4.78 is 27.4.